The third kappa shape index (κ3) is 3.16. The molecule has 116 valence electrons. The van der Waals surface area contributed by atoms with Gasteiger partial charge in [-0.1, -0.05) is 30.3 Å². The molecule has 3 N–H and O–H groups in total. The number of amides is 1. The number of hydrogen-bond donors (Lipinski definition) is 2. The molecule has 0 radical (unpaired) electrons. The molecule has 0 aliphatic carbocycles. The van der Waals surface area contributed by atoms with E-state index in [0.717, 1.165) is 27.6 Å². The monoisotopic (exact) mass is 305 g/mol. The number of nitrogens with zero attached hydrogens (tertiary/aromatic N) is 1. The van der Waals surface area contributed by atoms with E-state index in [1.165, 1.54) is 0 Å². The predicted molar refractivity (Wildman–Crippen MR) is 93.2 cm³/mol. The highest BCUT2D eigenvalue weighted by Crippen LogP contribution is 2.17. The fourth-order valence-corrected chi connectivity index (χ4v) is 2.76. The number of carbonyl (C=O) groups excluding carboxylic acids is 1. The van der Waals surface area contributed by atoms with Crippen molar-refractivity contribution in [1.29, 1.82) is 0 Å². The van der Waals surface area contributed by atoms with Gasteiger partial charge < -0.3 is 11.1 Å². The predicted octanol–water partition coefficient (Wildman–Crippen LogP) is 3.36. The molecule has 0 aliphatic heterocycles. The number of nitrogens with two attached hydrogens (primary N) is 1. The molecule has 2 aromatic carbocycles. The maximum absolute atomic E-state index is 12.4. The van der Waals surface area contributed by atoms with Gasteiger partial charge in [0, 0.05) is 17.8 Å². The quantitative estimate of drug-likeness (QED) is 0.779. The first-order valence-corrected chi connectivity index (χ1v) is 7.54. The molecular weight excluding hydrogens is 286 g/mol. The molecule has 23 heavy (non-hydrogen) atoms. The second-order valence-corrected chi connectivity index (χ2v) is 5.67. The molecule has 3 rings (SSSR count). The molecule has 0 saturated carbocycles. The second kappa shape index (κ2) is 6.08. The Morgan fingerprint density at radius 3 is 2.57 bits per heavy atom. The lowest BCUT2D eigenvalue weighted by Gasteiger charge is -2.11. The molecule has 4 nitrogen and oxygen atoms in total. The maximum atomic E-state index is 12.4. The van der Waals surface area contributed by atoms with E-state index >= 15 is 0 Å². The van der Waals surface area contributed by atoms with Crippen molar-refractivity contribution in [3.63, 3.8) is 0 Å². The normalized spacial score (nSPS) is 10.7. The number of fused-ring (bicyclic) bond motifs is 1. The zero-order valence-corrected chi connectivity index (χ0v) is 13.3. The number of anilines is 1. The minimum atomic E-state index is -0.0913. The first-order valence-electron chi connectivity index (χ1n) is 7.54. The number of carbonyl (C=O) groups is 1. The first-order chi connectivity index (χ1) is 11.0. The molecule has 1 heterocycles. The smallest absolute Gasteiger partial charge is 0.251 e. The Labute approximate surface area is 135 Å². The van der Waals surface area contributed by atoms with Crippen molar-refractivity contribution in [3.8, 4) is 0 Å². The molecule has 3 aromatic rings. The Morgan fingerprint density at radius 1 is 1.09 bits per heavy atom. The van der Waals surface area contributed by atoms with E-state index in [0.29, 0.717) is 17.9 Å². The number of aromatic nitrogens is 1. The zero-order chi connectivity index (χ0) is 16.4. The fourth-order valence-electron chi connectivity index (χ4n) is 2.76. The van der Waals surface area contributed by atoms with Crippen molar-refractivity contribution in [1.82, 2.24) is 10.3 Å². The van der Waals surface area contributed by atoms with Crippen LogP contribution in [0.4, 0.5) is 5.82 Å². The van der Waals surface area contributed by atoms with Crippen LogP contribution in [0.15, 0.2) is 48.5 Å². The Bertz CT molecular complexity index is 864. The summed E-state index contributed by atoms with van der Waals surface area (Å²) in [7, 11) is 0. The summed E-state index contributed by atoms with van der Waals surface area (Å²) < 4.78 is 0. The topological polar surface area (TPSA) is 68.0 Å². The zero-order valence-electron chi connectivity index (χ0n) is 13.3. The van der Waals surface area contributed by atoms with Gasteiger partial charge in [0.2, 0.25) is 0 Å². The number of pyridine rings is 1. The fraction of sp³-hybridized carbons (Fsp3) is 0.158. The van der Waals surface area contributed by atoms with Crippen molar-refractivity contribution in [2.45, 2.75) is 20.4 Å². The van der Waals surface area contributed by atoms with Gasteiger partial charge in [-0.2, -0.15) is 0 Å². The Kier molecular flexibility index (Phi) is 3.98. The van der Waals surface area contributed by atoms with Crippen molar-refractivity contribution in [2.75, 3.05) is 5.73 Å². The highest BCUT2D eigenvalue weighted by atomic mass is 16.1. The highest BCUT2D eigenvalue weighted by molar-refractivity contribution is 5.98. The molecule has 0 unspecified atom stereocenters. The molecule has 0 atom stereocenters. The molecule has 0 fully saturated rings. The Hall–Kier alpha value is -2.88. The average molecular weight is 305 g/mol. The number of benzene rings is 2. The lowest BCUT2D eigenvalue weighted by molar-refractivity contribution is 0.0951. The summed E-state index contributed by atoms with van der Waals surface area (Å²) in [4.78, 5) is 16.6. The number of nitrogens with one attached hydrogen (secondary N) is 1. The maximum Gasteiger partial charge on any atom is 0.251 e. The van der Waals surface area contributed by atoms with Crippen LogP contribution in [0.2, 0.25) is 0 Å². The number of hydrogen-bond acceptors (Lipinski definition) is 3. The van der Waals surface area contributed by atoms with Crippen molar-refractivity contribution in [3.05, 3.63) is 70.9 Å². The van der Waals surface area contributed by atoms with Crippen molar-refractivity contribution < 1.29 is 4.79 Å². The number of nitrogen functional groups attached to an aromatic ring is 1. The Balaban J connectivity index is 1.79. The highest BCUT2D eigenvalue weighted by Gasteiger charge is 2.10. The van der Waals surface area contributed by atoms with Gasteiger partial charge in [-0.15, -0.1) is 0 Å². The van der Waals surface area contributed by atoms with E-state index in [1.807, 2.05) is 62.4 Å². The first kappa shape index (κ1) is 15.0. The number of rotatable bonds is 3. The Morgan fingerprint density at radius 2 is 1.83 bits per heavy atom. The minimum Gasteiger partial charge on any atom is -0.384 e. The van der Waals surface area contributed by atoms with Crippen LogP contribution >= 0.6 is 0 Å². The van der Waals surface area contributed by atoms with Crippen LogP contribution in [0, 0.1) is 13.8 Å². The lowest BCUT2D eigenvalue weighted by Crippen LogP contribution is -2.24. The summed E-state index contributed by atoms with van der Waals surface area (Å²) in [5, 5.41) is 5.14. The van der Waals surface area contributed by atoms with Gasteiger partial charge >= 0.3 is 0 Å². The number of aryl methyl sites for hydroxylation is 2. The average Bonchev–Trinajstić information content (AvgIpc) is 2.53. The van der Waals surface area contributed by atoms with Gasteiger partial charge in [-0.25, -0.2) is 4.98 Å². The van der Waals surface area contributed by atoms with Gasteiger partial charge in [-0.3, -0.25) is 4.79 Å². The van der Waals surface area contributed by atoms with E-state index < -0.39 is 0 Å². The van der Waals surface area contributed by atoms with Gasteiger partial charge in [0.25, 0.3) is 5.91 Å². The van der Waals surface area contributed by atoms with E-state index in [-0.39, 0.29) is 5.91 Å². The second-order valence-electron chi connectivity index (χ2n) is 5.67. The summed E-state index contributed by atoms with van der Waals surface area (Å²) >= 11 is 0. The van der Waals surface area contributed by atoms with E-state index in [4.69, 9.17) is 5.73 Å². The summed E-state index contributed by atoms with van der Waals surface area (Å²) in [6.07, 6.45) is 0. The SMILES string of the molecule is Cc1cc(N)nc(C)c1CNC(=O)c1ccc2ccccc2c1. The van der Waals surface area contributed by atoms with Gasteiger partial charge in [0.05, 0.1) is 0 Å². The summed E-state index contributed by atoms with van der Waals surface area (Å²) in [6.45, 7) is 4.32. The molecule has 4 heteroatoms. The third-order valence-electron chi connectivity index (χ3n) is 4.01. The molecule has 0 saturated heterocycles. The van der Waals surface area contributed by atoms with Crippen LogP contribution in [-0.4, -0.2) is 10.9 Å². The minimum absolute atomic E-state index is 0.0913. The summed E-state index contributed by atoms with van der Waals surface area (Å²) in [6, 6.07) is 15.5. The molecule has 0 bridgehead atoms. The largest absolute Gasteiger partial charge is 0.384 e. The van der Waals surface area contributed by atoms with E-state index in [1.54, 1.807) is 0 Å². The van der Waals surface area contributed by atoms with Crippen LogP contribution in [0.3, 0.4) is 0 Å². The third-order valence-corrected chi connectivity index (χ3v) is 4.01. The molecule has 1 amide bonds. The standard InChI is InChI=1S/C19H19N3O/c1-12-9-18(20)22-13(2)17(12)11-21-19(23)16-8-7-14-5-3-4-6-15(14)10-16/h3-10H,11H2,1-2H3,(H2,20,22)(H,21,23). The molecule has 1 aromatic heterocycles. The van der Waals surface area contributed by atoms with Crippen molar-refractivity contribution in [2.24, 2.45) is 0 Å². The molecular formula is C19H19N3O. The van der Waals surface area contributed by atoms with Crippen LogP contribution < -0.4 is 11.1 Å². The van der Waals surface area contributed by atoms with E-state index in [2.05, 4.69) is 10.3 Å². The van der Waals surface area contributed by atoms with Crippen LogP contribution in [0.5, 0.6) is 0 Å². The summed E-state index contributed by atoms with van der Waals surface area (Å²) in [5.74, 6) is 0.413. The summed E-state index contributed by atoms with van der Waals surface area (Å²) in [5.41, 5.74) is 9.28. The van der Waals surface area contributed by atoms with E-state index in [9.17, 15) is 4.79 Å². The van der Waals surface area contributed by atoms with Crippen LogP contribution in [0.25, 0.3) is 10.8 Å². The van der Waals surface area contributed by atoms with Gasteiger partial charge in [-0.05, 0) is 53.9 Å². The van der Waals surface area contributed by atoms with Crippen molar-refractivity contribution >= 4 is 22.5 Å². The van der Waals surface area contributed by atoms with Crippen LogP contribution in [0.1, 0.15) is 27.2 Å². The van der Waals surface area contributed by atoms with Gasteiger partial charge in [0.1, 0.15) is 5.82 Å². The van der Waals surface area contributed by atoms with Gasteiger partial charge in [0.15, 0.2) is 0 Å². The molecule has 0 aliphatic rings. The van der Waals surface area contributed by atoms with Crippen LogP contribution in [-0.2, 0) is 6.54 Å². The molecule has 0 spiro atoms. The lowest BCUT2D eigenvalue weighted by atomic mass is 10.1.